The molecule has 0 aliphatic heterocycles. The van der Waals surface area contributed by atoms with Crippen LogP contribution in [0.2, 0.25) is 0 Å². The van der Waals surface area contributed by atoms with Crippen LogP contribution >= 0.6 is 15.9 Å². The third-order valence-corrected chi connectivity index (χ3v) is 2.86. The summed E-state index contributed by atoms with van der Waals surface area (Å²) < 4.78 is 6.17. The molecule has 0 atom stereocenters. The lowest BCUT2D eigenvalue weighted by Crippen LogP contribution is -1.97. The van der Waals surface area contributed by atoms with Gasteiger partial charge in [0.05, 0.1) is 9.40 Å². The molecule has 92 valence electrons. The van der Waals surface area contributed by atoms with Crippen LogP contribution in [0.3, 0.4) is 0 Å². The van der Waals surface area contributed by atoms with Crippen molar-refractivity contribution >= 4 is 21.6 Å². The van der Waals surface area contributed by atoms with Crippen LogP contribution in [0.4, 0.5) is 5.69 Å². The third kappa shape index (κ3) is 2.65. The average molecular weight is 309 g/mol. The molecule has 0 saturated heterocycles. The maximum Gasteiger partial charge on any atom is 0.331 e. The number of nitro groups is 1. The zero-order valence-corrected chi connectivity index (χ0v) is 11.0. The van der Waals surface area contributed by atoms with Gasteiger partial charge in [0.15, 0.2) is 0 Å². The fourth-order valence-electron chi connectivity index (χ4n) is 1.38. The van der Waals surface area contributed by atoms with Crippen LogP contribution in [0, 0.1) is 17.0 Å². The topological polar surface area (TPSA) is 65.3 Å². The van der Waals surface area contributed by atoms with E-state index < -0.39 is 4.92 Å². The molecule has 0 aliphatic rings. The number of para-hydroxylation sites is 1. The van der Waals surface area contributed by atoms with Gasteiger partial charge in [0.1, 0.15) is 5.75 Å². The minimum Gasteiger partial charge on any atom is -0.432 e. The molecule has 6 heteroatoms. The summed E-state index contributed by atoms with van der Waals surface area (Å²) in [4.78, 5) is 14.4. The van der Waals surface area contributed by atoms with Gasteiger partial charge >= 0.3 is 5.69 Å². The van der Waals surface area contributed by atoms with Crippen LogP contribution in [-0.4, -0.2) is 9.91 Å². The van der Waals surface area contributed by atoms with Crippen molar-refractivity contribution in [3.8, 4) is 11.6 Å². The first-order valence-electron chi connectivity index (χ1n) is 5.11. The molecule has 2 aromatic rings. The van der Waals surface area contributed by atoms with E-state index in [1.165, 1.54) is 12.3 Å². The molecule has 0 radical (unpaired) electrons. The predicted octanol–water partition coefficient (Wildman–Crippen LogP) is 3.85. The van der Waals surface area contributed by atoms with E-state index >= 15 is 0 Å². The smallest absolute Gasteiger partial charge is 0.331 e. The fraction of sp³-hybridized carbons (Fsp3) is 0.0833. The predicted molar refractivity (Wildman–Crippen MR) is 69.8 cm³/mol. The van der Waals surface area contributed by atoms with Gasteiger partial charge in [-0.2, -0.15) is 0 Å². The first-order chi connectivity index (χ1) is 8.58. The van der Waals surface area contributed by atoms with Crippen molar-refractivity contribution < 1.29 is 9.66 Å². The summed E-state index contributed by atoms with van der Waals surface area (Å²) in [5.74, 6) is 0.467. The lowest BCUT2D eigenvalue weighted by atomic mass is 10.3. The summed E-state index contributed by atoms with van der Waals surface area (Å²) in [5.41, 5.74) is 0.562. The maximum atomic E-state index is 10.9. The highest BCUT2D eigenvalue weighted by Gasteiger charge is 2.18. The lowest BCUT2D eigenvalue weighted by molar-refractivity contribution is -0.386. The summed E-state index contributed by atoms with van der Waals surface area (Å²) in [5, 5.41) is 10.9. The Morgan fingerprint density at radius 2 is 2.11 bits per heavy atom. The minimum absolute atomic E-state index is 0.0162. The van der Waals surface area contributed by atoms with E-state index in [0.717, 1.165) is 0 Å². The van der Waals surface area contributed by atoms with Gasteiger partial charge < -0.3 is 4.74 Å². The van der Waals surface area contributed by atoms with Gasteiger partial charge in [0.25, 0.3) is 5.88 Å². The number of aromatic nitrogens is 1. The number of benzene rings is 1. The van der Waals surface area contributed by atoms with Crippen LogP contribution < -0.4 is 4.74 Å². The second-order valence-corrected chi connectivity index (χ2v) is 4.48. The quantitative estimate of drug-likeness (QED) is 0.638. The van der Waals surface area contributed by atoms with Gasteiger partial charge in [-0.15, -0.1) is 0 Å². The maximum absolute atomic E-state index is 10.9. The lowest BCUT2D eigenvalue weighted by Gasteiger charge is -2.07. The van der Waals surface area contributed by atoms with Crippen molar-refractivity contribution in [2.75, 3.05) is 0 Å². The average Bonchev–Trinajstić information content (AvgIpc) is 2.34. The standard InChI is InChI=1S/C12H9BrN2O3/c1-8-6-10(15(16)17)12(14-7-8)18-11-5-3-2-4-9(11)13/h2-7H,1H3. The molecule has 0 N–H and O–H groups in total. The number of rotatable bonds is 3. The van der Waals surface area contributed by atoms with Crippen molar-refractivity contribution in [3.05, 3.63) is 56.7 Å². The van der Waals surface area contributed by atoms with Crippen molar-refractivity contribution in [2.45, 2.75) is 6.92 Å². The molecule has 0 fully saturated rings. The first-order valence-corrected chi connectivity index (χ1v) is 5.90. The minimum atomic E-state index is -0.508. The van der Waals surface area contributed by atoms with Crippen molar-refractivity contribution in [3.63, 3.8) is 0 Å². The zero-order valence-electron chi connectivity index (χ0n) is 9.46. The molecule has 1 heterocycles. The number of nitrogens with zero attached hydrogens (tertiary/aromatic N) is 2. The molecule has 5 nitrogen and oxygen atoms in total. The fourth-order valence-corrected chi connectivity index (χ4v) is 1.75. The van der Waals surface area contributed by atoms with Crippen LogP contribution in [0.25, 0.3) is 0 Å². The summed E-state index contributed by atoms with van der Waals surface area (Å²) in [6.45, 7) is 1.74. The van der Waals surface area contributed by atoms with Crippen LogP contribution in [0.5, 0.6) is 11.6 Å². The Morgan fingerprint density at radius 1 is 1.39 bits per heavy atom. The number of pyridine rings is 1. The zero-order chi connectivity index (χ0) is 13.1. The Labute approximate surface area is 112 Å². The monoisotopic (exact) mass is 308 g/mol. The van der Waals surface area contributed by atoms with Gasteiger partial charge in [0.2, 0.25) is 0 Å². The normalized spacial score (nSPS) is 10.1. The van der Waals surface area contributed by atoms with E-state index in [1.807, 2.05) is 6.07 Å². The highest BCUT2D eigenvalue weighted by atomic mass is 79.9. The highest BCUT2D eigenvalue weighted by molar-refractivity contribution is 9.10. The number of ether oxygens (including phenoxy) is 1. The Hall–Kier alpha value is -1.95. The largest absolute Gasteiger partial charge is 0.432 e. The molecule has 1 aromatic heterocycles. The van der Waals surface area contributed by atoms with Gasteiger partial charge in [-0.1, -0.05) is 12.1 Å². The highest BCUT2D eigenvalue weighted by Crippen LogP contribution is 2.33. The van der Waals surface area contributed by atoms with Crippen LogP contribution in [-0.2, 0) is 0 Å². The number of hydrogen-bond acceptors (Lipinski definition) is 4. The Bertz CT molecular complexity index is 602. The number of hydrogen-bond donors (Lipinski definition) is 0. The summed E-state index contributed by atoms with van der Waals surface area (Å²) in [6.07, 6.45) is 1.53. The Kier molecular flexibility index (Phi) is 3.57. The van der Waals surface area contributed by atoms with E-state index in [9.17, 15) is 10.1 Å². The van der Waals surface area contributed by atoms with Crippen LogP contribution in [0.1, 0.15) is 5.56 Å². The first kappa shape index (κ1) is 12.5. The molecular formula is C12H9BrN2O3. The second kappa shape index (κ2) is 5.14. The molecule has 18 heavy (non-hydrogen) atoms. The van der Waals surface area contributed by atoms with Gasteiger partial charge in [-0.25, -0.2) is 4.98 Å². The van der Waals surface area contributed by atoms with E-state index in [4.69, 9.17) is 4.74 Å². The van der Waals surface area contributed by atoms with E-state index in [1.54, 1.807) is 25.1 Å². The van der Waals surface area contributed by atoms with Gasteiger partial charge in [0, 0.05) is 12.3 Å². The summed E-state index contributed by atoms with van der Waals surface area (Å²) >= 11 is 3.31. The van der Waals surface area contributed by atoms with E-state index in [0.29, 0.717) is 15.8 Å². The second-order valence-electron chi connectivity index (χ2n) is 3.63. The van der Waals surface area contributed by atoms with Crippen LogP contribution in [0.15, 0.2) is 41.0 Å². The molecule has 0 spiro atoms. The molecule has 2 rings (SSSR count). The Balaban J connectivity index is 2.41. The van der Waals surface area contributed by atoms with Gasteiger partial charge in [-0.05, 0) is 40.5 Å². The molecule has 0 unspecified atom stereocenters. The van der Waals surface area contributed by atoms with Crippen molar-refractivity contribution in [2.24, 2.45) is 0 Å². The molecule has 0 saturated carbocycles. The SMILES string of the molecule is Cc1cnc(Oc2ccccc2Br)c([N+](=O)[O-])c1. The molecule has 0 bridgehead atoms. The molecular weight excluding hydrogens is 300 g/mol. The summed E-state index contributed by atoms with van der Waals surface area (Å²) in [7, 11) is 0. The number of aryl methyl sites for hydroxylation is 1. The van der Waals surface area contributed by atoms with Crippen molar-refractivity contribution in [1.82, 2.24) is 4.98 Å². The van der Waals surface area contributed by atoms with Crippen molar-refractivity contribution in [1.29, 1.82) is 0 Å². The number of halogens is 1. The molecule has 0 aliphatic carbocycles. The summed E-state index contributed by atoms with van der Waals surface area (Å²) in [6, 6.07) is 8.53. The van der Waals surface area contributed by atoms with E-state index in [-0.39, 0.29) is 11.6 Å². The van der Waals surface area contributed by atoms with Gasteiger partial charge in [-0.3, -0.25) is 10.1 Å². The van der Waals surface area contributed by atoms with E-state index in [2.05, 4.69) is 20.9 Å². The third-order valence-electron chi connectivity index (χ3n) is 2.21. The Morgan fingerprint density at radius 3 is 2.78 bits per heavy atom. The molecule has 0 amide bonds. The molecule has 1 aromatic carbocycles.